The maximum atomic E-state index is 12.1. The second-order valence-corrected chi connectivity index (χ2v) is 8.06. The van der Waals surface area contributed by atoms with Gasteiger partial charge in [-0.3, -0.25) is 14.7 Å². The van der Waals surface area contributed by atoms with Crippen LogP contribution in [0.4, 0.5) is 0 Å². The minimum absolute atomic E-state index is 0.160. The molecule has 1 atom stereocenters. The fourth-order valence-corrected chi connectivity index (χ4v) is 3.38. The molecule has 1 aliphatic heterocycles. The predicted molar refractivity (Wildman–Crippen MR) is 114 cm³/mol. The first kappa shape index (κ1) is 21.5. The maximum absolute atomic E-state index is 12.1. The van der Waals surface area contributed by atoms with Crippen molar-refractivity contribution >= 4 is 11.9 Å². The average Bonchev–Trinajstić information content (AvgIpc) is 3.41. The molecule has 0 spiro atoms. The fraction of sp³-hybridized carbons (Fsp3) is 0.800. The van der Waals surface area contributed by atoms with E-state index in [0.717, 1.165) is 70.2 Å². The summed E-state index contributed by atoms with van der Waals surface area (Å²) in [6, 6.07) is 0.804. The molecule has 162 valence electrons. The summed E-state index contributed by atoms with van der Waals surface area (Å²) < 4.78 is 2.07. The lowest BCUT2D eigenvalue weighted by Crippen LogP contribution is -2.55. The van der Waals surface area contributed by atoms with Gasteiger partial charge in [0.05, 0.1) is 13.1 Å². The maximum Gasteiger partial charge on any atom is 0.234 e. The van der Waals surface area contributed by atoms with Crippen molar-refractivity contribution in [1.82, 2.24) is 35.2 Å². The van der Waals surface area contributed by atoms with Gasteiger partial charge in [-0.05, 0) is 26.2 Å². The number of carbonyl (C=O) groups excluding carboxylic acids is 1. The summed E-state index contributed by atoms with van der Waals surface area (Å²) in [6.07, 6.45) is 5.97. The number of aryl methyl sites for hydroxylation is 1. The summed E-state index contributed by atoms with van der Waals surface area (Å²) in [5.41, 5.74) is 0. The number of rotatable bonds is 9. The Hall–Kier alpha value is -2.16. The van der Waals surface area contributed by atoms with E-state index in [9.17, 15) is 4.79 Å². The molecule has 9 heteroatoms. The van der Waals surface area contributed by atoms with Crippen molar-refractivity contribution in [3.63, 3.8) is 0 Å². The number of hydrogen-bond acceptors (Lipinski definition) is 5. The van der Waals surface area contributed by atoms with E-state index >= 15 is 0 Å². The molecule has 2 heterocycles. The van der Waals surface area contributed by atoms with Crippen LogP contribution < -0.4 is 10.6 Å². The third-order valence-corrected chi connectivity index (χ3v) is 5.58. The first-order chi connectivity index (χ1) is 14.1. The Balaban J connectivity index is 1.51. The number of carbonyl (C=O) groups is 1. The standard InChI is InChI=1S/C20H36N8O/c1-4-16(3)23-20(21-8-9-28-15-22-25-18(28)5-2)27-12-10-26(11-13-27)14-19(29)24-17-6-7-17/h15-17H,4-14H2,1-3H3,(H,21,23)(H,24,29). The van der Waals surface area contributed by atoms with Gasteiger partial charge in [-0.2, -0.15) is 0 Å². The van der Waals surface area contributed by atoms with Crippen LogP contribution in [0.15, 0.2) is 11.3 Å². The Kier molecular flexibility index (Phi) is 7.85. The van der Waals surface area contributed by atoms with Crippen molar-refractivity contribution in [3.8, 4) is 0 Å². The molecule has 1 aromatic heterocycles. The molecular weight excluding hydrogens is 368 g/mol. The SMILES string of the molecule is CCc1nncn1CCN=C(NC(C)CC)N1CCN(CC(=O)NC2CC2)CC1. The van der Waals surface area contributed by atoms with Gasteiger partial charge in [0, 0.05) is 51.2 Å². The van der Waals surface area contributed by atoms with Crippen LogP contribution >= 0.6 is 0 Å². The lowest BCUT2D eigenvalue weighted by atomic mass is 10.2. The van der Waals surface area contributed by atoms with Crippen LogP contribution in [-0.2, 0) is 17.8 Å². The molecule has 3 rings (SSSR count). The Morgan fingerprint density at radius 3 is 2.69 bits per heavy atom. The Morgan fingerprint density at radius 1 is 1.28 bits per heavy atom. The van der Waals surface area contributed by atoms with E-state index in [0.29, 0.717) is 25.2 Å². The van der Waals surface area contributed by atoms with Gasteiger partial charge >= 0.3 is 0 Å². The van der Waals surface area contributed by atoms with E-state index in [1.807, 2.05) is 0 Å². The second-order valence-electron chi connectivity index (χ2n) is 8.06. The molecule has 1 saturated carbocycles. The monoisotopic (exact) mass is 404 g/mol. The lowest BCUT2D eigenvalue weighted by Gasteiger charge is -2.37. The number of nitrogens with one attached hydrogen (secondary N) is 2. The summed E-state index contributed by atoms with van der Waals surface area (Å²) in [7, 11) is 0. The first-order valence-electron chi connectivity index (χ1n) is 11.0. The topological polar surface area (TPSA) is 90.7 Å². The number of guanidine groups is 1. The Morgan fingerprint density at radius 2 is 2.03 bits per heavy atom. The van der Waals surface area contributed by atoms with Crippen LogP contribution in [0.25, 0.3) is 0 Å². The van der Waals surface area contributed by atoms with Crippen molar-refractivity contribution in [2.24, 2.45) is 4.99 Å². The highest BCUT2D eigenvalue weighted by Crippen LogP contribution is 2.18. The second kappa shape index (κ2) is 10.6. The van der Waals surface area contributed by atoms with Crippen LogP contribution in [0.3, 0.4) is 0 Å². The molecule has 29 heavy (non-hydrogen) atoms. The van der Waals surface area contributed by atoms with E-state index in [4.69, 9.17) is 4.99 Å². The smallest absolute Gasteiger partial charge is 0.234 e. The first-order valence-corrected chi connectivity index (χ1v) is 11.0. The summed E-state index contributed by atoms with van der Waals surface area (Å²) in [6.45, 7) is 11.9. The zero-order valence-electron chi connectivity index (χ0n) is 18.1. The van der Waals surface area contributed by atoms with Gasteiger partial charge in [0.1, 0.15) is 12.2 Å². The van der Waals surface area contributed by atoms with Gasteiger partial charge in [0.15, 0.2) is 5.96 Å². The van der Waals surface area contributed by atoms with Crippen molar-refractivity contribution < 1.29 is 4.79 Å². The third kappa shape index (κ3) is 6.69. The minimum atomic E-state index is 0.160. The number of amides is 1. The summed E-state index contributed by atoms with van der Waals surface area (Å²) in [4.78, 5) is 21.5. The number of aromatic nitrogens is 3. The molecule has 9 nitrogen and oxygen atoms in total. The van der Waals surface area contributed by atoms with Gasteiger partial charge in [-0.1, -0.05) is 13.8 Å². The zero-order chi connectivity index (χ0) is 20.6. The van der Waals surface area contributed by atoms with Crippen molar-refractivity contribution in [2.45, 2.75) is 65.1 Å². The molecule has 0 bridgehead atoms. The quantitative estimate of drug-likeness (QED) is 0.460. The number of aliphatic imine (C=N–C) groups is 1. The highest BCUT2D eigenvalue weighted by molar-refractivity contribution is 5.81. The van der Waals surface area contributed by atoms with Gasteiger partial charge in [-0.15, -0.1) is 10.2 Å². The van der Waals surface area contributed by atoms with E-state index in [1.54, 1.807) is 6.33 Å². The summed E-state index contributed by atoms with van der Waals surface area (Å²) >= 11 is 0. The molecule has 2 aliphatic rings. The van der Waals surface area contributed by atoms with Gasteiger partial charge < -0.3 is 20.1 Å². The zero-order valence-corrected chi connectivity index (χ0v) is 18.1. The van der Waals surface area contributed by atoms with Crippen LogP contribution in [0, 0.1) is 0 Å². The number of piperazine rings is 1. The lowest BCUT2D eigenvalue weighted by molar-refractivity contribution is -0.122. The summed E-state index contributed by atoms with van der Waals surface area (Å²) in [5, 5.41) is 14.8. The van der Waals surface area contributed by atoms with Gasteiger partial charge in [0.25, 0.3) is 0 Å². The van der Waals surface area contributed by atoms with E-state index in [2.05, 4.69) is 56.0 Å². The summed E-state index contributed by atoms with van der Waals surface area (Å²) in [5.74, 6) is 2.12. The third-order valence-electron chi connectivity index (χ3n) is 5.58. The molecule has 0 radical (unpaired) electrons. The van der Waals surface area contributed by atoms with Gasteiger partial charge in [0.2, 0.25) is 5.91 Å². The predicted octanol–water partition coefficient (Wildman–Crippen LogP) is 0.481. The molecule has 2 fully saturated rings. The molecule has 1 aromatic rings. The molecule has 2 N–H and O–H groups in total. The molecule has 1 amide bonds. The molecular formula is C20H36N8O. The highest BCUT2D eigenvalue weighted by atomic mass is 16.2. The molecule has 1 unspecified atom stereocenters. The van der Waals surface area contributed by atoms with Crippen LogP contribution in [0.2, 0.25) is 0 Å². The Bertz CT molecular complexity index is 676. The fourth-order valence-electron chi connectivity index (χ4n) is 3.38. The molecule has 1 aliphatic carbocycles. The minimum Gasteiger partial charge on any atom is -0.354 e. The van der Waals surface area contributed by atoms with Crippen LogP contribution in [0.1, 0.15) is 45.9 Å². The van der Waals surface area contributed by atoms with Crippen LogP contribution in [-0.4, -0.2) is 87.8 Å². The highest BCUT2D eigenvalue weighted by Gasteiger charge is 2.26. The van der Waals surface area contributed by atoms with Gasteiger partial charge in [-0.25, -0.2) is 0 Å². The van der Waals surface area contributed by atoms with Crippen molar-refractivity contribution in [2.75, 3.05) is 39.3 Å². The average molecular weight is 405 g/mol. The van der Waals surface area contributed by atoms with E-state index < -0.39 is 0 Å². The number of nitrogens with zero attached hydrogens (tertiary/aromatic N) is 6. The molecule has 0 aromatic carbocycles. The largest absolute Gasteiger partial charge is 0.354 e. The van der Waals surface area contributed by atoms with E-state index in [1.165, 1.54) is 0 Å². The van der Waals surface area contributed by atoms with Crippen molar-refractivity contribution in [3.05, 3.63) is 12.2 Å². The molecule has 1 saturated heterocycles. The van der Waals surface area contributed by atoms with Crippen molar-refractivity contribution in [1.29, 1.82) is 0 Å². The van der Waals surface area contributed by atoms with E-state index in [-0.39, 0.29) is 5.91 Å². The van der Waals surface area contributed by atoms with Crippen LogP contribution in [0.5, 0.6) is 0 Å². The Labute approximate surface area is 173 Å². The normalized spacial score (nSPS) is 19.3. The number of hydrogen-bond donors (Lipinski definition) is 2.